The van der Waals surface area contributed by atoms with Gasteiger partial charge in [0.2, 0.25) is 5.91 Å². The van der Waals surface area contributed by atoms with Gasteiger partial charge in [-0.3, -0.25) is 4.79 Å². The predicted molar refractivity (Wildman–Crippen MR) is 140 cm³/mol. The first-order valence-electron chi connectivity index (χ1n) is 12.7. The molecular formula is C28H32N4O3S. The zero-order chi connectivity index (χ0) is 25.2. The highest BCUT2D eigenvalue weighted by Gasteiger charge is 2.29. The van der Waals surface area contributed by atoms with Gasteiger partial charge in [0.1, 0.15) is 5.01 Å². The maximum atomic E-state index is 12.5. The highest BCUT2D eigenvalue weighted by atomic mass is 32.1. The molecule has 2 aliphatic carbocycles. The summed E-state index contributed by atoms with van der Waals surface area (Å²) in [5, 5.41) is 23.7. The normalized spacial score (nSPS) is 23.4. The Kier molecular flexibility index (Phi) is 7.35. The van der Waals surface area contributed by atoms with Gasteiger partial charge in [-0.15, -0.1) is 11.3 Å². The number of fused-ring (bicyclic) bond motifs is 1. The summed E-state index contributed by atoms with van der Waals surface area (Å²) in [6, 6.07) is 8.82. The molecule has 5 rings (SSSR count). The number of hydrogen-bond acceptors (Lipinski definition) is 7. The first kappa shape index (κ1) is 24.8. The Morgan fingerprint density at radius 1 is 1.39 bits per heavy atom. The number of rotatable bonds is 7. The Balaban J connectivity index is 1.29. The monoisotopic (exact) mass is 504 g/mol. The van der Waals surface area contributed by atoms with Crippen LogP contribution < -0.4 is 5.32 Å². The van der Waals surface area contributed by atoms with Gasteiger partial charge < -0.3 is 20.1 Å². The second-order valence-electron chi connectivity index (χ2n) is 9.94. The molecule has 2 heterocycles. The maximum Gasteiger partial charge on any atom is 0.236 e. The molecule has 1 fully saturated rings. The number of amides is 1. The number of nitrogens with one attached hydrogen (secondary N) is 1. The van der Waals surface area contributed by atoms with Crippen molar-refractivity contribution in [2.24, 2.45) is 0 Å². The summed E-state index contributed by atoms with van der Waals surface area (Å²) < 4.78 is 5.89. The van der Waals surface area contributed by atoms with Gasteiger partial charge in [0.25, 0.3) is 0 Å². The van der Waals surface area contributed by atoms with Gasteiger partial charge in [-0.1, -0.05) is 24.3 Å². The zero-order valence-corrected chi connectivity index (χ0v) is 21.6. The largest absolute Gasteiger partial charge is 0.391 e. The number of allylic oxidation sites excluding steroid dienone is 2. The van der Waals surface area contributed by atoms with Gasteiger partial charge in [0, 0.05) is 30.9 Å². The number of thiazole rings is 1. The number of aliphatic hydroxyl groups is 1. The van der Waals surface area contributed by atoms with Gasteiger partial charge >= 0.3 is 0 Å². The van der Waals surface area contributed by atoms with Crippen molar-refractivity contribution in [2.75, 3.05) is 19.6 Å². The Hall–Kier alpha value is -2.83. The molecule has 3 atom stereocenters. The minimum Gasteiger partial charge on any atom is -0.391 e. The maximum absolute atomic E-state index is 12.5. The number of carbonyl (C=O) groups excluding carboxylic acids is 1. The smallest absolute Gasteiger partial charge is 0.236 e. The van der Waals surface area contributed by atoms with E-state index in [0.29, 0.717) is 31.5 Å². The van der Waals surface area contributed by atoms with Crippen molar-refractivity contribution >= 4 is 22.8 Å². The third kappa shape index (κ3) is 5.16. The number of carbonyl (C=O) groups is 1. The van der Waals surface area contributed by atoms with Crippen LogP contribution in [-0.4, -0.2) is 58.8 Å². The third-order valence-corrected chi connectivity index (χ3v) is 8.16. The van der Waals surface area contributed by atoms with E-state index in [-0.39, 0.29) is 30.7 Å². The van der Waals surface area contributed by atoms with E-state index in [1.165, 1.54) is 16.7 Å². The quantitative estimate of drug-likeness (QED) is 0.591. The fraction of sp³-hybridized carbons (Fsp3) is 0.464. The van der Waals surface area contributed by atoms with E-state index in [1.807, 2.05) is 26.1 Å². The Morgan fingerprint density at radius 3 is 3.00 bits per heavy atom. The number of nitriles is 1. The predicted octanol–water partition coefficient (Wildman–Crippen LogP) is 4.01. The van der Waals surface area contributed by atoms with Gasteiger partial charge in [0.15, 0.2) is 0 Å². The Morgan fingerprint density at radius 2 is 2.25 bits per heavy atom. The van der Waals surface area contributed by atoms with Crippen LogP contribution in [0, 0.1) is 11.3 Å². The van der Waals surface area contributed by atoms with Crippen LogP contribution in [0.4, 0.5) is 0 Å². The fourth-order valence-electron chi connectivity index (χ4n) is 5.31. The molecule has 36 heavy (non-hydrogen) atoms. The molecule has 7 nitrogen and oxygen atoms in total. The van der Waals surface area contributed by atoms with Crippen LogP contribution in [0.1, 0.15) is 55.3 Å². The Bertz CT molecular complexity index is 1240. The number of nitrogens with zero attached hydrogens (tertiary/aromatic N) is 3. The van der Waals surface area contributed by atoms with Crippen molar-refractivity contribution in [3.05, 3.63) is 58.3 Å². The average Bonchev–Trinajstić information content (AvgIpc) is 3.62. The molecule has 0 bridgehead atoms. The minimum atomic E-state index is -0.394. The van der Waals surface area contributed by atoms with Crippen molar-refractivity contribution < 1.29 is 14.6 Å². The number of aromatic nitrogens is 1. The second kappa shape index (κ2) is 10.7. The van der Waals surface area contributed by atoms with Crippen LogP contribution in [0.3, 0.4) is 0 Å². The SMILES string of the molecule is CC(C)OC1CC=C(c2ncc(-c3cccc4c3CC[C@@H]4NCC(=O)N3CC[C@H](O)C3)s2)C=C1C#N. The van der Waals surface area contributed by atoms with Crippen molar-refractivity contribution in [3.8, 4) is 16.5 Å². The van der Waals surface area contributed by atoms with E-state index >= 15 is 0 Å². The molecule has 0 spiro atoms. The molecule has 2 aromatic rings. The van der Waals surface area contributed by atoms with Gasteiger partial charge in [-0.25, -0.2) is 4.98 Å². The molecule has 1 aliphatic heterocycles. The van der Waals surface area contributed by atoms with Gasteiger partial charge in [-0.2, -0.15) is 5.26 Å². The summed E-state index contributed by atoms with van der Waals surface area (Å²) in [6.07, 6.45) is 8.66. The first-order chi connectivity index (χ1) is 17.4. The number of β-amino-alcohol motifs (C(OH)–C–C–N with tert-alkyl or cyclic N) is 1. The van der Waals surface area contributed by atoms with Crippen molar-refractivity contribution in [1.82, 2.24) is 15.2 Å². The third-order valence-electron chi connectivity index (χ3n) is 7.08. The van der Waals surface area contributed by atoms with E-state index in [1.54, 1.807) is 16.2 Å². The molecule has 0 radical (unpaired) electrons. The molecule has 3 aliphatic rings. The second-order valence-corrected chi connectivity index (χ2v) is 11.0. The summed E-state index contributed by atoms with van der Waals surface area (Å²) in [4.78, 5) is 20.1. The molecule has 0 saturated carbocycles. The highest BCUT2D eigenvalue weighted by molar-refractivity contribution is 7.16. The zero-order valence-electron chi connectivity index (χ0n) is 20.7. The van der Waals surface area contributed by atoms with Crippen LogP contribution in [0.2, 0.25) is 0 Å². The van der Waals surface area contributed by atoms with E-state index in [9.17, 15) is 15.2 Å². The average molecular weight is 505 g/mol. The summed E-state index contributed by atoms with van der Waals surface area (Å²) in [6.45, 7) is 5.32. The lowest BCUT2D eigenvalue weighted by molar-refractivity contribution is -0.129. The summed E-state index contributed by atoms with van der Waals surface area (Å²) >= 11 is 1.64. The van der Waals surface area contributed by atoms with Gasteiger partial charge in [-0.05, 0) is 62.3 Å². The van der Waals surface area contributed by atoms with E-state index in [2.05, 4.69) is 35.7 Å². The topological polar surface area (TPSA) is 98.5 Å². The summed E-state index contributed by atoms with van der Waals surface area (Å²) in [7, 11) is 0. The Labute approximate surface area is 216 Å². The number of likely N-dealkylation sites (tertiary alicyclic amines) is 1. The van der Waals surface area contributed by atoms with E-state index in [4.69, 9.17) is 9.72 Å². The van der Waals surface area contributed by atoms with Crippen molar-refractivity contribution in [3.63, 3.8) is 0 Å². The van der Waals surface area contributed by atoms with Crippen LogP contribution in [-0.2, 0) is 16.0 Å². The molecular weight excluding hydrogens is 472 g/mol. The molecule has 2 N–H and O–H groups in total. The molecule has 188 valence electrons. The van der Waals surface area contributed by atoms with Crippen LogP contribution >= 0.6 is 11.3 Å². The number of aliphatic hydroxyl groups excluding tert-OH is 1. The number of hydrogen-bond donors (Lipinski definition) is 2. The van der Waals surface area contributed by atoms with E-state index < -0.39 is 6.10 Å². The lowest BCUT2D eigenvalue weighted by atomic mass is 9.97. The lowest BCUT2D eigenvalue weighted by Gasteiger charge is -2.21. The number of ether oxygens (including phenoxy) is 1. The molecule has 8 heteroatoms. The highest BCUT2D eigenvalue weighted by Crippen LogP contribution is 2.41. The summed E-state index contributed by atoms with van der Waals surface area (Å²) in [5.41, 5.74) is 5.37. The molecule has 1 unspecified atom stereocenters. The number of benzene rings is 1. The van der Waals surface area contributed by atoms with Crippen LogP contribution in [0.25, 0.3) is 16.0 Å². The molecule has 1 amide bonds. The minimum absolute atomic E-state index is 0.0508. The van der Waals surface area contributed by atoms with Crippen molar-refractivity contribution in [2.45, 2.75) is 63.9 Å². The standard InChI is InChI=1S/C28H32N4O3S/c1-17(2)35-25-9-6-18(12-19(25)13-29)28-31-14-26(36-28)23-5-3-4-22-21(23)7-8-24(22)30-15-27(34)32-11-10-20(33)16-32/h3-6,12,14,17,20,24-25,30,33H,7-11,15-16H2,1-2H3/t20-,24-,25?/m0/s1. The first-order valence-corrected chi connectivity index (χ1v) is 13.5. The molecule has 1 aromatic carbocycles. The molecule has 1 aromatic heterocycles. The van der Waals surface area contributed by atoms with E-state index in [0.717, 1.165) is 28.3 Å². The fourth-order valence-corrected chi connectivity index (χ4v) is 6.29. The molecule has 1 saturated heterocycles. The van der Waals surface area contributed by atoms with Gasteiger partial charge in [0.05, 0.1) is 41.4 Å². The lowest BCUT2D eigenvalue weighted by Crippen LogP contribution is -2.38. The van der Waals surface area contributed by atoms with Crippen LogP contribution in [0.15, 0.2) is 42.1 Å². The van der Waals surface area contributed by atoms with Crippen LogP contribution in [0.5, 0.6) is 0 Å². The summed E-state index contributed by atoms with van der Waals surface area (Å²) in [5.74, 6) is 0.0508. The van der Waals surface area contributed by atoms with Crippen molar-refractivity contribution in [1.29, 1.82) is 5.26 Å².